The zero-order chi connectivity index (χ0) is 14.4. The number of benzene rings is 1. The lowest BCUT2D eigenvalue weighted by Gasteiger charge is -2.02. The molecule has 0 aliphatic rings. The van der Waals surface area contributed by atoms with E-state index < -0.39 is 0 Å². The van der Waals surface area contributed by atoms with Gasteiger partial charge in [0, 0.05) is 22.7 Å². The van der Waals surface area contributed by atoms with Crippen molar-refractivity contribution in [2.75, 3.05) is 0 Å². The van der Waals surface area contributed by atoms with Crippen molar-refractivity contribution in [3.63, 3.8) is 0 Å². The molecule has 0 fully saturated rings. The molecule has 1 aromatic heterocycles. The Morgan fingerprint density at radius 1 is 1.30 bits per heavy atom. The van der Waals surface area contributed by atoms with Crippen LogP contribution in [0.1, 0.15) is 25.1 Å². The lowest BCUT2D eigenvalue weighted by Crippen LogP contribution is -2.03. The third kappa shape index (κ3) is 3.78. The highest BCUT2D eigenvalue weighted by molar-refractivity contribution is 7.15. The minimum Gasteiger partial charge on any atom is -0.423 e. The molecule has 0 spiro atoms. The standard InChI is InChI=1S/C16H17NO2S/c1-3-5-6-15(18)19-13-9-7-12(8-10-13)16-17-11-14(4-2)20-16/h5-11H,3-4H2,1-2H3/b6-5+. The van der Waals surface area contributed by atoms with Crippen LogP contribution in [0.3, 0.4) is 0 Å². The molecule has 20 heavy (non-hydrogen) atoms. The third-order valence-corrected chi connectivity index (χ3v) is 3.90. The number of aromatic nitrogens is 1. The Bertz CT molecular complexity index is 599. The molecule has 2 aromatic rings. The van der Waals surface area contributed by atoms with E-state index in [2.05, 4.69) is 11.9 Å². The van der Waals surface area contributed by atoms with Crippen LogP contribution in [0, 0.1) is 0 Å². The SMILES string of the molecule is CC/C=C/C(=O)Oc1ccc(-c2ncc(CC)s2)cc1. The predicted octanol–water partition coefficient (Wildman–Crippen LogP) is 4.24. The molecule has 3 nitrogen and oxygen atoms in total. The summed E-state index contributed by atoms with van der Waals surface area (Å²) in [5, 5.41) is 0.991. The highest BCUT2D eigenvalue weighted by atomic mass is 32.1. The molecule has 2 rings (SSSR count). The van der Waals surface area contributed by atoms with E-state index in [1.807, 2.05) is 25.3 Å². The number of ether oxygens (including phenoxy) is 1. The second kappa shape index (κ2) is 7.01. The molecule has 0 amide bonds. The number of thiazole rings is 1. The summed E-state index contributed by atoms with van der Waals surface area (Å²) in [6, 6.07) is 7.43. The largest absolute Gasteiger partial charge is 0.423 e. The van der Waals surface area contributed by atoms with Crippen molar-refractivity contribution in [2.45, 2.75) is 26.7 Å². The molecule has 4 heteroatoms. The van der Waals surface area contributed by atoms with Gasteiger partial charge < -0.3 is 4.74 Å². The van der Waals surface area contributed by atoms with Gasteiger partial charge in [-0.25, -0.2) is 9.78 Å². The second-order valence-corrected chi connectivity index (χ2v) is 5.36. The summed E-state index contributed by atoms with van der Waals surface area (Å²) in [7, 11) is 0. The number of esters is 1. The molecule has 104 valence electrons. The van der Waals surface area contributed by atoms with E-state index in [4.69, 9.17) is 4.74 Å². The number of allylic oxidation sites excluding steroid dienone is 1. The van der Waals surface area contributed by atoms with Crippen LogP contribution in [0.25, 0.3) is 10.6 Å². The van der Waals surface area contributed by atoms with Crippen molar-refractivity contribution in [1.29, 1.82) is 0 Å². The highest BCUT2D eigenvalue weighted by Gasteiger charge is 2.05. The van der Waals surface area contributed by atoms with E-state index in [-0.39, 0.29) is 5.97 Å². The number of rotatable bonds is 5. The van der Waals surface area contributed by atoms with Gasteiger partial charge in [0.25, 0.3) is 0 Å². The summed E-state index contributed by atoms with van der Waals surface area (Å²) in [5.41, 5.74) is 1.04. The van der Waals surface area contributed by atoms with Gasteiger partial charge in [0.1, 0.15) is 10.8 Å². The Morgan fingerprint density at radius 3 is 2.65 bits per heavy atom. The third-order valence-electron chi connectivity index (χ3n) is 2.71. The van der Waals surface area contributed by atoms with Crippen LogP contribution in [0.4, 0.5) is 0 Å². The minimum absolute atomic E-state index is 0.345. The van der Waals surface area contributed by atoms with Crippen LogP contribution in [-0.4, -0.2) is 11.0 Å². The van der Waals surface area contributed by atoms with Crippen LogP contribution in [-0.2, 0) is 11.2 Å². The number of carbonyl (C=O) groups is 1. The van der Waals surface area contributed by atoms with Gasteiger partial charge in [-0.3, -0.25) is 0 Å². The van der Waals surface area contributed by atoms with E-state index in [1.165, 1.54) is 11.0 Å². The fourth-order valence-corrected chi connectivity index (χ4v) is 2.49. The number of hydrogen-bond acceptors (Lipinski definition) is 4. The monoisotopic (exact) mass is 287 g/mol. The van der Waals surface area contributed by atoms with Crippen molar-refractivity contribution in [3.8, 4) is 16.3 Å². The second-order valence-electron chi connectivity index (χ2n) is 4.24. The maximum atomic E-state index is 11.4. The quantitative estimate of drug-likeness (QED) is 0.469. The number of carbonyl (C=O) groups excluding carboxylic acids is 1. The summed E-state index contributed by atoms with van der Waals surface area (Å²) < 4.78 is 5.19. The number of aryl methyl sites for hydroxylation is 1. The number of nitrogens with zero attached hydrogens (tertiary/aromatic N) is 1. The first-order valence-electron chi connectivity index (χ1n) is 6.66. The van der Waals surface area contributed by atoms with Gasteiger partial charge in [-0.2, -0.15) is 0 Å². The molecule has 0 radical (unpaired) electrons. The van der Waals surface area contributed by atoms with Crippen molar-refractivity contribution in [1.82, 2.24) is 4.98 Å². The summed E-state index contributed by atoms with van der Waals surface area (Å²) in [5.74, 6) is 0.203. The molecule has 0 atom stereocenters. The minimum atomic E-state index is -0.345. The zero-order valence-corrected chi connectivity index (χ0v) is 12.4. The van der Waals surface area contributed by atoms with Crippen LogP contribution in [0.2, 0.25) is 0 Å². The lowest BCUT2D eigenvalue weighted by molar-refractivity contribution is -0.129. The average Bonchev–Trinajstić information content (AvgIpc) is 2.95. The summed E-state index contributed by atoms with van der Waals surface area (Å²) >= 11 is 1.69. The predicted molar refractivity (Wildman–Crippen MR) is 82.0 cm³/mol. The van der Waals surface area contributed by atoms with Gasteiger partial charge in [0.15, 0.2) is 0 Å². The van der Waals surface area contributed by atoms with E-state index in [0.29, 0.717) is 5.75 Å². The number of hydrogen-bond donors (Lipinski definition) is 0. The molecular weight excluding hydrogens is 270 g/mol. The first-order valence-corrected chi connectivity index (χ1v) is 7.48. The highest BCUT2D eigenvalue weighted by Crippen LogP contribution is 2.27. The first-order chi connectivity index (χ1) is 9.72. The Morgan fingerprint density at radius 2 is 2.05 bits per heavy atom. The van der Waals surface area contributed by atoms with E-state index in [9.17, 15) is 4.79 Å². The van der Waals surface area contributed by atoms with Gasteiger partial charge in [-0.05, 0) is 37.1 Å². The van der Waals surface area contributed by atoms with Gasteiger partial charge >= 0.3 is 5.97 Å². The van der Waals surface area contributed by atoms with Crippen molar-refractivity contribution >= 4 is 17.3 Å². The van der Waals surface area contributed by atoms with Crippen molar-refractivity contribution < 1.29 is 9.53 Å². The maximum absolute atomic E-state index is 11.4. The molecule has 0 bridgehead atoms. The normalized spacial score (nSPS) is 10.9. The first kappa shape index (κ1) is 14.5. The topological polar surface area (TPSA) is 39.2 Å². The molecule has 0 aliphatic heterocycles. The Labute approximate surface area is 122 Å². The smallest absolute Gasteiger partial charge is 0.335 e. The Balaban J connectivity index is 2.06. The molecule has 0 saturated carbocycles. The van der Waals surface area contributed by atoms with Crippen molar-refractivity contribution in [3.05, 3.63) is 47.5 Å². The van der Waals surface area contributed by atoms with Gasteiger partial charge in [0.05, 0.1) is 0 Å². The lowest BCUT2D eigenvalue weighted by atomic mass is 10.2. The van der Waals surface area contributed by atoms with Gasteiger partial charge in [-0.15, -0.1) is 11.3 Å². The van der Waals surface area contributed by atoms with E-state index in [1.54, 1.807) is 29.5 Å². The molecule has 0 unspecified atom stereocenters. The van der Waals surface area contributed by atoms with Gasteiger partial charge in [0.2, 0.25) is 0 Å². The summed E-state index contributed by atoms with van der Waals surface area (Å²) in [6.07, 6.45) is 6.94. The Hall–Kier alpha value is -1.94. The molecular formula is C16H17NO2S. The fourth-order valence-electron chi connectivity index (χ4n) is 1.63. The fraction of sp³-hybridized carbons (Fsp3) is 0.250. The molecule has 0 aliphatic carbocycles. The summed E-state index contributed by atoms with van der Waals surface area (Å²) in [4.78, 5) is 17.1. The molecule has 1 aromatic carbocycles. The molecule has 0 N–H and O–H groups in total. The van der Waals surface area contributed by atoms with Gasteiger partial charge in [-0.1, -0.05) is 19.9 Å². The van der Waals surface area contributed by atoms with Crippen LogP contribution >= 0.6 is 11.3 Å². The maximum Gasteiger partial charge on any atom is 0.335 e. The Kier molecular flexibility index (Phi) is 5.07. The molecule has 1 heterocycles. The van der Waals surface area contributed by atoms with E-state index >= 15 is 0 Å². The summed E-state index contributed by atoms with van der Waals surface area (Å²) in [6.45, 7) is 4.08. The van der Waals surface area contributed by atoms with Crippen molar-refractivity contribution in [2.24, 2.45) is 0 Å². The van der Waals surface area contributed by atoms with Crippen LogP contribution < -0.4 is 4.74 Å². The van der Waals surface area contributed by atoms with Crippen LogP contribution in [0.5, 0.6) is 5.75 Å². The van der Waals surface area contributed by atoms with E-state index in [0.717, 1.165) is 23.4 Å². The molecule has 0 saturated heterocycles. The zero-order valence-electron chi connectivity index (χ0n) is 11.6. The average molecular weight is 287 g/mol. The van der Waals surface area contributed by atoms with Crippen LogP contribution in [0.15, 0.2) is 42.6 Å².